The zero-order chi connectivity index (χ0) is 18.9. The summed E-state index contributed by atoms with van der Waals surface area (Å²) in [6.07, 6.45) is -4.23. The first-order valence-electron chi connectivity index (χ1n) is 8.72. The summed E-state index contributed by atoms with van der Waals surface area (Å²) in [6, 6.07) is -0.853. The van der Waals surface area contributed by atoms with Crippen molar-refractivity contribution in [3.8, 4) is 0 Å². The number of aliphatic hydroxyl groups is 4. The summed E-state index contributed by atoms with van der Waals surface area (Å²) < 4.78 is 22.2. The molecule has 0 aromatic rings. The molecular formula is C15H33NO8S. The second-order valence-electron chi connectivity index (χ2n) is 5.54. The van der Waals surface area contributed by atoms with E-state index < -0.39 is 48.1 Å². The van der Waals surface area contributed by atoms with Crippen molar-refractivity contribution in [1.29, 1.82) is 0 Å². The van der Waals surface area contributed by atoms with Crippen molar-refractivity contribution in [2.24, 2.45) is 0 Å². The Kier molecular flexibility index (Phi) is 10.7. The number of hydrogen-bond acceptors (Lipinski definition) is 9. The van der Waals surface area contributed by atoms with E-state index >= 15 is 0 Å². The van der Waals surface area contributed by atoms with E-state index in [0.717, 1.165) is 0 Å². The van der Waals surface area contributed by atoms with E-state index in [9.17, 15) is 15.3 Å². The first kappa shape index (κ1) is 23.0. The van der Waals surface area contributed by atoms with Gasteiger partial charge in [0, 0.05) is 5.75 Å². The molecule has 5 atom stereocenters. The molecular weight excluding hydrogens is 354 g/mol. The van der Waals surface area contributed by atoms with Crippen molar-refractivity contribution in [3.05, 3.63) is 0 Å². The first-order chi connectivity index (χ1) is 11.9. The molecule has 0 bridgehead atoms. The summed E-state index contributed by atoms with van der Waals surface area (Å²) in [5.41, 5.74) is 0. The first-order valence-corrected chi connectivity index (χ1v) is 10.3. The summed E-state index contributed by atoms with van der Waals surface area (Å²) in [4.78, 5) is 0. The van der Waals surface area contributed by atoms with Gasteiger partial charge in [-0.2, -0.15) is 0 Å². The maximum absolute atomic E-state index is 10.1. The van der Waals surface area contributed by atoms with Crippen LogP contribution in [0.25, 0.3) is 0 Å². The Morgan fingerprint density at radius 3 is 2.00 bits per heavy atom. The Bertz CT molecular complexity index is 347. The van der Waals surface area contributed by atoms with Crippen LogP contribution in [-0.4, -0.2) is 89.8 Å². The third kappa shape index (κ3) is 6.58. The largest absolute Gasteiger partial charge is 0.394 e. The fourth-order valence-corrected chi connectivity index (χ4v) is 4.79. The maximum atomic E-state index is 10.1. The minimum Gasteiger partial charge on any atom is -0.394 e. The van der Waals surface area contributed by atoms with Gasteiger partial charge in [0.15, 0.2) is 6.29 Å². The van der Waals surface area contributed by atoms with Gasteiger partial charge >= 0.3 is 0 Å². The second kappa shape index (κ2) is 11.7. The molecule has 1 saturated heterocycles. The fraction of sp³-hybridized carbons (Fsp3) is 1.00. The predicted octanol–water partition coefficient (Wildman–Crippen LogP) is -0.575. The van der Waals surface area contributed by atoms with Crippen LogP contribution in [0.15, 0.2) is 0 Å². The molecule has 0 radical (unpaired) electrons. The number of rotatable bonds is 12. The van der Waals surface area contributed by atoms with E-state index in [0.29, 0.717) is 38.5 Å². The average Bonchev–Trinajstić information content (AvgIpc) is 2.58. The van der Waals surface area contributed by atoms with Crippen LogP contribution in [0, 0.1) is 0 Å². The van der Waals surface area contributed by atoms with Crippen molar-refractivity contribution in [2.45, 2.75) is 57.8 Å². The van der Waals surface area contributed by atoms with Gasteiger partial charge in [0.1, 0.15) is 18.3 Å². The monoisotopic (exact) mass is 387 g/mol. The van der Waals surface area contributed by atoms with Gasteiger partial charge in [-0.05, 0) is 33.7 Å². The van der Waals surface area contributed by atoms with Crippen molar-refractivity contribution in [1.82, 2.24) is 5.32 Å². The fourth-order valence-electron chi connectivity index (χ4n) is 2.65. The maximum Gasteiger partial charge on any atom is 0.173 e. The van der Waals surface area contributed by atoms with Gasteiger partial charge in [-0.1, -0.05) is 0 Å². The van der Waals surface area contributed by atoms with Gasteiger partial charge in [0.2, 0.25) is 0 Å². The summed E-state index contributed by atoms with van der Waals surface area (Å²) >= 11 is 0. The molecule has 1 aliphatic rings. The van der Waals surface area contributed by atoms with Crippen LogP contribution in [0.5, 0.6) is 0 Å². The third-order valence-electron chi connectivity index (χ3n) is 3.74. The minimum atomic E-state index is -2.08. The molecule has 1 unspecified atom stereocenters. The van der Waals surface area contributed by atoms with E-state index in [1.165, 1.54) is 0 Å². The Labute approximate surface area is 151 Å². The van der Waals surface area contributed by atoms with E-state index in [4.69, 9.17) is 22.4 Å². The Morgan fingerprint density at radius 2 is 1.52 bits per heavy atom. The quantitative estimate of drug-likeness (QED) is 0.279. The zero-order valence-electron chi connectivity index (χ0n) is 15.2. The van der Waals surface area contributed by atoms with Gasteiger partial charge in [0.05, 0.1) is 43.3 Å². The van der Waals surface area contributed by atoms with Gasteiger partial charge in [-0.15, -0.1) is 0 Å². The normalized spacial score (nSPS) is 31.2. The van der Waals surface area contributed by atoms with E-state index in [1.54, 1.807) is 0 Å². The molecule has 1 heterocycles. The molecule has 5 N–H and O–H groups in total. The van der Waals surface area contributed by atoms with Crippen LogP contribution in [0.1, 0.15) is 27.2 Å². The summed E-state index contributed by atoms with van der Waals surface area (Å²) in [7, 11) is -2.08. The van der Waals surface area contributed by atoms with Crippen LogP contribution in [-0.2, 0) is 17.3 Å². The average molecular weight is 387 g/mol. The topological polar surface area (TPSA) is 130 Å². The number of aliphatic hydroxyl groups excluding tert-OH is 4. The Morgan fingerprint density at radius 1 is 0.960 bits per heavy atom. The zero-order valence-corrected chi connectivity index (χ0v) is 16.0. The highest BCUT2D eigenvalue weighted by Crippen LogP contribution is 2.51. The molecule has 152 valence electrons. The molecule has 0 aromatic carbocycles. The Hall–Kier alpha value is -0.0100. The van der Waals surface area contributed by atoms with Crippen LogP contribution < -0.4 is 5.32 Å². The molecule has 0 spiro atoms. The smallest absolute Gasteiger partial charge is 0.173 e. The highest BCUT2D eigenvalue weighted by molar-refractivity contribution is 8.21. The summed E-state index contributed by atoms with van der Waals surface area (Å²) in [5.74, 6) is 0.539. The molecule has 25 heavy (non-hydrogen) atoms. The van der Waals surface area contributed by atoms with E-state index in [-0.39, 0.29) is 0 Å². The molecule has 10 heteroatoms. The van der Waals surface area contributed by atoms with Crippen molar-refractivity contribution >= 4 is 10.9 Å². The van der Waals surface area contributed by atoms with E-state index in [2.05, 4.69) is 5.32 Å². The molecule has 9 nitrogen and oxygen atoms in total. The van der Waals surface area contributed by atoms with Gasteiger partial charge < -0.3 is 30.5 Å². The molecule has 0 aromatic heterocycles. The van der Waals surface area contributed by atoms with Gasteiger partial charge in [0.25, 0.3) is 0 Å². The van der Waals surface area contributed by atoms with Crippen LogP contribution >= 0.6 is 10.9 Å². The van der Waals surface area contributed by atoms with Gasteiger partial charge in [-0.3, -0.25) is 12.5 Å². The number of hydrogen-bond donors (Lipinski definition) is 5. The highest BCUT2D eigenvalue weighted by Gasteiger charge is 2.43. The summed E-state index contributed by atoms with van der Waals surface area (Å²) in [6.45, 7) is 7.02. The minimum absolute atomic E-state index is 0.431. The van der Waals surface area contributed by atoms with E-state index in [1.807, 2.05) is 20.8 Å². The van der Waals surface area contributed by atoms with Crippen molar-refractivity contribution < 1.29 is 37.7 Å². The van der Waals surface area contributed by atoms with Crippen molar-refractivity contribution in [2.75, 3.05) is 38.7 Å². The molecule has 1 rings (SSSR count). The summed E-state index contributed by atoms with van der Waals surface area (Å²) in [5, 5.41) is 41.9. The molecule has 0 aliphatic carbocycles. The predicted molar refractivity (Wildman–Crippen MR) is 93.7 cm³/mol. The SMILES string of the molecule is CCOS(CCCN[C@H]1C(O)O[C@H](CO)[C@@H](O)[C@@H]1O)(OCC)OCC. The second-order valence-corrected chi connectivity index (χ2v) is 7.77. The number of nitrogens with one attached hydrogen (secondary N) is 1. The van der Waals surface area contributed by atoms with Crippen molar-refractivity contribution in [3.63, 3.8) is 0 Å². The molecule has 1 aliphatic heterocycles. The molecule has 1 fully saturated rings. The van der Waals surface area contributed by atoms with Crippen LogP contribution in [0.4, 0.5) is 0 Å². The molecule has 0 saturated carbocycles. The lowest BCUT2D eigenvalue weighted by Gasteiger charge is -2.41. The lowest BCUT2D eigenvalue weighted by Crippen LogP contribution is -2.63. The lowest BCUT2D eigenvalue weighted by atomic mass is 9.97. The Balaban J connectivity index is 2.51. The van der Waals surface area contributed by atoms with Crippen LogP contribution in [0.3, 0.4) is 0 Å². The van der Waals surface area contributed by atoms with Crippen LogP contribution in [0.2, 0.25) is 0 Å². The standard InChI is InChI=1S/C15H33NO8S/c1-4-21-25(22-5-2,23-6-3)9-7-8-16-12-14(19)13(18)11(10-17)24-15(12)20/h11-20H,4-10H2,1-3H3/t11-,12-,13-,14-,15?/m1/s1. The third-order valence-corrected chi connectivity index (χ3v) is 6.32. The molecule has 0 amide bonds. The van der Waals surface area contributed by atoms with Gasteiger partial charge in [-0.25, -0.2) is 0 Å². The highest BCUT2D eigenvalue weighted by atomic mass is 32.3. The number of ether oxygens (including phenoxy) is 1. The lowest BCUT2D eigenvalue weighted by molar-refractivity contribution is -0.254.